The van der Waals surface area contributed by atoms with Gasteiger partial charge in [-0.2, -0.15) is 0 Å². The molecule has 0 saturated carbocycles. The minimum atomic E-state index is -2.49. The van der Waals surface area contributed by atoms with Crippen molar-refractivity contribution < 1.29 is 19.4 Å². The van der Waals surface area contributed by atoms with Crippen molar-refractivity contribution in [2.24, 2.45) is 5.92 Å². The van der Waals surface area contributed by atoms with Gasteiger partial charge in [0.2, 0.25) is 0 Å². The summed E-state index contributed by atoms with van der Waals surface area (Å²) >= 11 is -2.49. The van der Waals surface area contributed by atoms with E-state index in [0.29, 0.717) is 5.92 Å². The molecule has 0 aromatic heterocycles. The van der Waals surface area contributed by atoms with Gasteiger partial charge in [0.25, 0.3) is 0 Å². The van der Waals surface area contributed by atoms with Crippen LogP contribution in [0.1, 0.15) is 66.1 Å². The molecule has 0 fully saturated rings. The summed E-state index contributed by atoms with van der Waals surface area (Å²) in [6.07, 6.45) is 2.40. The van der Waals surface area contributed by atoms with E-state index in [9.17, 15) is 0 Å². The predicted octanol–water partition coefficient (Wildman–Crippen LogP) is 8.29. The number of fused-ring (bicyclic) bond motifs is 1. The monoisotopic (exact) mass is 477 g/mol. The Morgan fingerprint density at radius 2 is 1.56 bits per heavy atom. The first-order chi connectivity index (χ1) is 12.5. The minimum absolute atomic E-state index is 0.0649. The fraction of sp³-hybridized carbons (Fsp3) is 0.417. The number of allylic oxidation sites excluding steroid dienone is 1. The van der Waals surface area contributed by atoms with Crippen LogP contribution < -0.4 is 0 Å². The third kappa shape index (κ3) is 4.17. The average molecular weight is 480 g/mol. The normalized spacial score (nSPS) is 16.5. The molecule has 0 amide bonds. The van der Waals surface area contributed by atoms with Crippen LogP contribution in [0, 0.1) is 19.8 Å². The summed E-state index contributed by atoms with van der Waals surface area (Å²) in [5.41, 5.74) is 10.8. The van der Waals surface area contributed by atoms with Crippen molar-refractivity contribution >= 4 is 23.1 Å². The molecule has 27 heavy (non-hydrogen) atoms. The summed E-state index contributed by atoms with van der Waals surface area (Å²) in [6.45, 7) is 15.8. The summed E-state index contributed by atoms with van der Waals surface area (Å²) in [5, 5.41) is 0. The molecule has 2 aromatic rings. The second-order valence-electron chi connectivity index (χ2n) is 9.14. The van der Waals surface area contributed by atoms with Crippen LogP contribution in [0.3, 0.4) is 0 Å². The van der Waals surface area contributed by atoms with Gasteiger partial charge in [-0.05, 0) is 0 Å². The van der Waals surface area contributed by atoms with E-state index < -0.39 is 19.4 Å². The van der Waals surface area contributed by atoms with Gasteiger partial charge in [0.1, 0.15) is 0 Å². The van der Waals surface area contributed by atoms with Gasteiger partial charge in [-0.15, -0.1) is 0 Å². The summed E-state index contributed by atoms with van der Waals surface area (Å²) in [4.78, 5) is 0. The fourth-order valence-electron chi connectivity index (χ4n) is 4.27. The van der Waals surface area contributed by atoms with Crippen molar-refractivity contribution in [1.82, 2.24) is 0 Å². The molecule has 0 bridgehead atoms. The van der Waals surface area contributed by atoms with Crippen molar-refractivity contribution in [2.45, 2.75) is 57.5 Å². The zero-order valence-electron chi connectivity index (χ0n) is 17.4. The molecule has 0 spiro atoms. The summed E-state index contributed by atoms with van der Waals surface area (Å²) in [5.74, 6) is 0.459. The number of hydrogen-bond acceptors (Lipinski definition) is 0. The van der Waals surface area contributed by atoms with E-state index in [1.165, 1.54) is 44.5 Å². The number of halogens is 2. The molecular weight excluding hydrogens is 450 g/mol. The Morgan fingerprint density at radius 3 is 2.04 bits per heavy atom. The summed E-state index contributed by atoms with van der Waals surface area (Å²) in [6, 6.07) is 11.5. The Balaban J connectivity index is 2.38. The molecule has 3 heteroatoms. The van der Waals surface area contributed by atoms with E-state index in [2.05, 4.69) is 84.9 Å². The maximum atomic E-state index is 6.65. The molecule has 1 aliphatic carbocycles. The fourth-order valence-corrected chi connectivity index (χ4v) is 9.99. The van der Waals surface area contributed by atoms with E-state index in [1.807, 2.05) is 0 Å². The third-order valence-corrected chi connectivity index (χ3v) is 10.7. The number of rotatable bonds is 3. The Hall–Kier alpha value is -0.357. The predicted molar refractivity (Wildman–Crippen MR) is 117 cm³/mol. The Labute approximate surface area is 179 Å². The Morgan fingerprint density at radius 1 is 0.963 bits per heavy atom. The van der Waals surface area contributed by atoms with E-state index in [1.54, 1.807) is 0 Å². The first-order valence-corrected chi connectivity index (χ1v) is 17.4. The van der Waals surface area contributed by atoms with Crippen LogP contribution in [-0.2, 0) is 24.8 Å². The Kier molecular flexibility index (Phi) is 6.18. The van der Waals surface area contributed by atoms with Crippen LogP contribution in [0.5, 0.6) is 0 Å². The quantitative estimate of drug-likeness (QED) is 0.415. The molecule has 3 rings (SSSR count). The molecule has 0 N–H and O–H groups in total. The standard InChI is InChI=1S/C24H29.2ClH.Zr/c1-15(2)19-13-18-8-9-22(24(5,6)7)23(21(18)14-19)20-11-16(3)10-17(4)12-20;;;/h8-15H,1-7H3;2*1H;/q;;;+2/p-2. The van der Waals surface area contributed by atoms with Gasteiger partial charge >= 0.3 is 181 Å². The SMILES string of the molecule is Cc1cc(C)cc(-c2c(C(C)(C)C)ccc3c2C=C(C(C)C)[CH]3[Zr]([Cl])[Cl])c1. The number of hydrogen-bond donors (Lipinski definition) is 0. The van der Waals surface area contributed by atoms with E-state index in [4.69, 9.17) is 17.0 Å². The molecular formula is C24H29Cl2Zr. The van der Waals surface area contributed by atoms with Gasteiger partial charge in [0, 0.05) is 0 Å². The summed E-state index contributed by atoms with van der Waals surface area (Å²) in [7, 11) is 13.3. The van der Waals surface area contributed by atoms with Crippen molar-refractivity contribution in [3.8, 4) is 11.1 Å². The van der Waals surface area contributed by atoms with Crippen LogP contribution in [0.4, 0.5) is 0 Å². The van der Waals surface area contributed by atoms with Crippen LogP contribution in [-0.4, -0.2) is 0 Å². The zero-order valence-corrected chi connectivity index (χ0v) is 21.3. The number of aryl methyl sites for hydroxylation is 2. The second kappa shape index (κ2) is 7.81. The van der Waals surface area contributed by atoms with Gasteiger partial charge in [0.15, 0.2) is 0 Å². The van der Waals surface area contributed by atoms with E-state index in [-0.39, 0.29) is 9.04 Å². The zero-order chi connectivity index (χ0) is 20.1. The first-order valence-electron chi connectivity index (χ1n) is 9.66. The van der Waals surface area contributed by atoms with Crippen molar-refractivity contribution in [2.75, 3.05) is 0 Å². The molecule has 0 heterocycles. The Bertz CT molecular complexity index is 881. The van der Waals surface area contributed by atoms with Crippen molar-refractivity contribution in [3.63, 3.8) is 0 Å². The second-order valence-corrected chi connectivity index (χ2v) is 17.9. The van der Waals surface area contributed by atoms with Crippen LogP contribution in [0.25, 0.3) is 17.2 Å². The van der Waals surface area contributed by atoms with Crippen molar-refractivity contribution in [3.05, 3.63) is 63.7 Å². The number of benzene rings is 2. The van der Waals surface area contributed by atoms with Gasteiger partial charge in [-0.3, -0.25) is 0 Å². The summed E-state index contributed by atoms with van der Waals surface area (Å²) < 4.78 is 0.268. The molecule has 143 valence electrons. The molecule has 1 atom stereocenters. The van der Waals surface area contributed by atoms with Gasteiger partial charge in [0.05, 0.1) is 0 Å². The van der Waals surface area contributed by atoms with Gasteiger partial charge < -0.3 is 0 Å². The van der Waals surface area contributed by atoms with E-state index in [0.717, 1.165) is 0 Å². The van der Waals surface area contributed by atoms with Gasteiger partial charge in [-0.1, -0.05) is 0 Å². The molecule has 1 unspecified atom stereocenters. The van der Waals surface area contributed by atoms with Crippen molar-refractivity contribution in [1.29, 1.82) is 0 Å². The molecule has 0 radical (unpaired) electrons. The third-order valence-electron chi connectivity index (χ3n) is 5.44. The average Bonchev–Trinajstić information content (AvgIpc) is 2.91. The van der Waals surface area contributed by atoms with Crippen LogP contribution in [0.2, 0.25) is 0 Å². The molecule has 0 nitrogen and oxygen atoms in total. The molecule has 1 aliphatic rings. The van der Waals surface area contributed by atoms with Crippen LogP contribution in [0.15, 0.2) is 35.9 Å². The molecule has 2 aromatic carbocycles. The molecule has 0 aliphatic heterocycles. The molecule has 0 saturated heterocycles. The van der Waals surface area contributed by atoms with Crippen LogP contribution >= 0.6 is 17.0 Å². The topological polar surface area (TPSA) is 0 Å². The first kappa shape index (κ1) is 21.4. The van der Waals surface area contributed by atoms with E-state index >= 15 is 0 Å². The van der Waals surface area contributed by atoms with Gasteiger partial charge in [-0.25, -0.2) is 0 Å². The maximum absolute atomic E-state index is 6.65.